The summed E-state index contributed by atoms with van der Waals surface area (Å²) >= 11 is 0. The minimum Gasteiger partial charge on any atom is -0.326 e. The monoisotopic (exact) mass is 192 g/mol. The molecule has 0 fully saturated rings. The third-order valence-corrected chi connectivity index (χ3v) is 2.41. The molecule has 2 aromatic heterocycles. The third kappa shape index (κ3) is 1.13. The number of hydrogen-bond acceptors (Lipinski definition) is 3. The van der Waals surface area contributed by atoms with Crippen LogP contribution in [0.2, 0.25) is 0 Å². The van der Waals surface area contributed by atoms with Gasteiger partial charge in [0, 0.05) is 29.6 Å². The number of nitrogens with one attached hydrogen (secondary N) is 1. The highest BCUT2D eigenvalue weighted by atomic mass is 16.1. The van der Waals surface area contributed by atoms with Crippen molar-refractivity contribution in [3.8, 4) is 0 Å². The fourth-order valence-electron chi connectivity index (χ4n) is 1.65. The molecule has 5 heteroatoms. The second-order valence-corrected chi connectivity index (χ2v) is 3.28. The van der Waals surface area contributed by atoms with Crippen molar-refractivity contribution in [1.29, 1.82) is 0 Å². The van der Waals surface area contributed by atoms with Gasteiger partial charge in [-0.2, -0.15) is 0 Å². The molecule has 0 bridgehead atoms. The lowest BCUT2D eigenvalue weighted by Gasteiger charge is -2.08. The van der Waals surface area contributed by atoms with Crippen LogP contribution in [-0.2, 0) is 6.54 Å². The van der Waals surface area contributed by atoms with Gasteiger partial charge < -0.3 is 5.73 Å². The highest BCUT2D eigenvalue weighted by molar-refractivity contribution is 5.42. The van der Waals surface area contributed by atoms with Crippen molar-refractivity contribution in [1.82, 2.24) is 14.6 Å². The van der Waals surface area contributed by atoms with E-state index in [1.165, 1.54) is 6.07 Å². The Balaban J connectivity index is 2.91. The van der Waals surface area contributed by atoms with Crippen LogP contribution in [0.15, 0.2) is 10.9 Å². The molecule has 0 unspecified atom stereocenters. The molecule has 2 heterocycles. The van der Waals surface area contributed by atoms with Crippen LogP contribution in [0.25, 0.3) is 5.65 Å². The SMILES string of the molecule is Cc1nc2cc(=O)[nH]n2c(C)c1CN. The number of aromatic nitrogens is 3. The van der Waals surface area contributed by atoms with Crippen LogP contribution < -0.4 is 11.3 Å². The van der Waals surface area contributed by atoms with E-state index in [0.717, 1.165) is 17.0 Å². The molecular weight excluding hydrogens is 180 g/mol. The summed E-state index contributed by atoms with van der Waals surface area (Å²) in [5, 5.41) is 2.67. The van der Waals surface area contributed by atoms with Gasteiger partial charge in [0.1, 0.15) is 0 Å². The van der Waals surface area contributed by atoms with Crippen LogP contribution in [0.4, 0.5) is 0 Å². The van der Waals surface area contributed by atoms with Crippen LogP contribution >= 0.6 is 0 Å². The van der Waals surface area contributed by atoms with Gasteiger partial charge in [0.05, 0.1) is 0 Å². The zero-order valence-corrected chi connectivity index (χ0v) is 8.16. The van der Waals surface area contributed by atoms with E-state index in [0.29, 0.717) is 12.2 Å². The molecule has 0 saturated carbocycles. The van der Waals surface area contributed by atoms with Gasteiger partial charge in [0.2, 0.25) is 0 Å². The van der Waals surface area contributed by atoms with E-state index in [1.807, 2.05) is 13.8 Å². The number of rotatable bonds is 1. The van der Waals surface area contributed by atoms with Gasteiger partial charge in [-0.25, -0.2) is 9.50 Å². The quantitative estimate of drug-likeness (QED) is 0.672. The van der Waals surface area contributed by atoms with Gasteiger partial charge in [0.15, 0.2) is 5.65 Å². The van der Waals surface area contributed by atoms with Crippen LogP contribution in [0, 0.1) is 13.8 Å². The number of nitrogens with two attached hydrogens (primary N) is 1. The second kappa shape index (κ2) is 2.95. The zero-order chi connectivity index (χ0) is 10.3. The van der Waals surface area contributed by atoms with E-state index in [1.54, 1.807) is 4.52 Å². The first-order valence-electron chi connectivity index (χ1n) is 4.41. The lowest BCUT2D eigenvalue weighted by molar-refractivity contribution is 0.833. The Labute approximate surface area is 80.6 Å². The largest absolute Gasteiger partial charge is 0.326 e. The minimum atomic E-state index is -0.144. The Morgan fingerprint density at radius 2 is 2.29 bits per heavy atom. The molecule has 0 aliphatic carbocycles. The van der Waals surface area contributed by atoms with Gasteiger partial charge >= 0.3 is 0 Å². The van der Waals surface area contributed by atoms with E-state index in [2.05, 4.69) is 10.1 Å². The van der Waals surface area contributed by atoms with Crippen LogP contribution in [0.1, 0.15) is 17.0 Å². The van der Waals surface area contributed by atoms with Crippen molar-refractivity contribution < 1.29 is 0 Å². The van der Waals surface area contributed by atoms with Crippen LogP contribution in [0.3, 0.4) is 0 Å². The van der Waals surface area contributed by atoms with Crippen molar-refractivity contribution in [2.75, 3.05) is 0 Å². The maximum Gasteiger partial charge on any atom is 0.266 e. The number of fused-ring (bicyclic) bond motifs is 1. The third-order valence-electron chi connectivity index (χ3n) is 2.41. The standard InChI is InChI=1S/C9H12N4O/c1-5-7(4-10)6(2)13-8(11-5)3-9(14)12-13/h3H,4,10H2,1-2H3,(H,12,14). The normalized spacial score (nSPS) is 11.1. The average molecular weight is 192 g/mol. The molecule has 0 aliphatic rings. The Hall–Kier alpha value is -1.62. The Morgan fingerprint density at radius 1 is 1.57 bits per heavy atom. The molecular formula is C9H12N4O. The van der Waals surface area contributed by atoms with E-state index in [9.17, 15) is 4.79 Å². The molecule has 0 aromatic carbocycles. The lowest BCUT2D eigenvalue weighted by atomic mass is 10.2. The fraction of sp³-hybridized carbons (Fsp3) is 0.333. The molecule has 14 heavy (non-hydrogen) atoms. The lowest BCUT2D eigenvalue weighted by Crippen LogP contribution is -2.10. The first kappa shape index (κ1) is 8.96. The molecule has 0 amide bonds. The molecule has 0 aliphatic heterocycles. The summed E-state index contributed by atoms with van der Waals surface area (Å²) in [4.78, 5) is 15.4. The summed E-state index contributed by atoms with van der Waals surface area (Å²) in [6.07, 6.45) is 0. The molecule has 0 spiro atoms. The summed E-state index contributed by atoms with van der Waals surface area (Å²) < 4.78 is 1.66. The summed E-state index contributed by atoms with van der Waals surface area (Å²) in [5.41, 5.74) is 8.90. The summed E-state index contributed by atoms with van der Waals surface area (Å²) in [5.74, 6) is 0. The van der Waals surface area contributed by atoms with Gasteiger partial charge in [0.25, 0.3) is 5.56 Å². The van der Waals surface area contributed by atoms with Gasteiger partial charge in [-0.05, 0) is 13.8 Å². The van der Waals surface area contributed by atoms with E-state index < -0.39 is 0 Å². The van der Waals surface area contributed by atoms with E-state index in [-0.39, 0.29) is 5.56 Å². The topological polar surface area (TPSA) is 76.2 Å². The second-order valence-electron chi connectivity index (χ2n) is 3.28. The zero-order valence-electron chi connectivity index (χ0n) is 8.16. The van der Waals surface area contributed by atoms with Gasteiger partial charge in [-0.1, -0.05) is 0 Å². The maximum atomic E-state index is 11.1. The first-order chi connectivity index (χ1) is 6.63. The Bertz CT molecular complexity index is 537. The fourth-order valence-corrected chi connectivity index (χ4v) is 1.65. The molecule has 5 nitrogen and oxygen atoms in total. The predicted octanol–water partition coefficient (Wildman–Crippen LogP) is 0.0981. The summed E-state index contributed by atoms with van der Waals surface area (Å²) in [6.45, 7) is 4.24. The Kier molecular flexibility index (Phi) is 1.89. The number of hydrogen-bond donors (Lipinski definition) is 2. The Morgan fingerprint density at radius 3 is 2.93 bits per heavy atom. The molecule has 2 rings (SSSR count). The highest BCUT2D eigenvalue weighted by Crippen LogP contribution is 2.11. The van der Waals surface area contributed by atoms with Crippen LogP contribution in [0.5, 0.6) is 0 Å². The first-order valence-corrected chi connectivity index (χ1v) is 4.41. The van der Waals surface area contributed by atoms with Crippen molar-refractivity contribution in [2.45, 2.75) is 20.4 Å². The molecule has 2 aromatic rings. The van der Waals surface area contributed by atoms with Crippen molar-refractivity contribution in [3.05, 3.63) is 33.4 Å². The summed E-state index contributed by atoms with van der Waals surface area (Å²) in [6, 6.07) is 1.47. The van der Waals surface area contributed by atoms with E-state index in [4.69, 9.17) is 5.73 Å². The number of H-pyrrole nitrogens is 1. The predicted molar refractivity (Wildman–Crippen MR) is 53.2 cm³/mol. The number of aromatic amines is 1. The summed E-state index contributed by atoms with van der Waals surface area (Å²) in [7, 11) is 0. The minimum absolute atomic E-state index is 0.144. The number of aryl methyl sites for hydroxylation is 2. The average Bonchev–Trinajstić information content (AvgIpc) is 2.47. The molecule has 0 atom stereocenters. The molecule has 0 radical (unpaired) electrons. The van der Waals surface area contributed by atoms with Gasteiger partial charge in [-0.3, -0.25) is 9.89 Å². The van der Waals surface area contributed by atoms with Crippen LogP contribution in [-0.4, -0.2) is 14.6 Å². The van der Waals surface area contributed by atoms with Gasteiger partial charge in [-0.15, -0.1) is 0 Å². The smallest absolute Gasteiger partial charge is 0.266 e. The number of nitrogens with zero attached hydrogens (tertiary/aromatic N) is 2. The van der Waals surface area contributed by atoms with Crippen molar-refractivity contribution >= 4 is 5.65 Å². The molecule has 0 saturated heterocycles. The van der Waals surface area contributed by atoms with E-state index >= 15 is 0 Å². The molecule has 3 N–H and O–H groups in total. The highest BCUT2D eigenvalue weighted by Gasteiger charge is 2.08. The maximum absolute atomic E-state index is 11.1. The molecule has 74 valence electrons. The van der Waals surface area contributed by atoms with Crippen molar-refractivity contribution in [3.63, 3.8) is 0 Å². The van der Waals surface area contributed by atoms with Crippen molar-refractivity contribution in [2.24, 2.45) is 5.73 Å².